The Labute approximate surface area is 364 Å². The van der Waals surface area contributed by atoms with Gasteiger partial charge in [0, 0.05) is 44.4 Å². The van der Waals surface area contributed by atoms with Gasteiger partial charge in [-0.1, -0.05) is 149 Å². The predicted octanol–water partition coefficient (Wildman–Crippen LogP) is 16.7. The molecule has 0 unspecified atom stereocenters. The number of benzene rings is 10. The van der Waals surface area contributed by atoms with E-state index in [4.69, 9.17) is 0 Å². The van der Waals surface area contributed by atoms with Crippen molar-refractivity contribution in [3.8, 4) is 22.3 Å². The highest BCUT2D eigenvalue weighted by atomic mass is 15.1. The van der Waals surface area contributed by atoms with Gasteiger partial charge in [-0.05, 0) is 151 Å². The first-order valence-corrected chi connectivity index (χ1v) is 21.8. The van der Waals surface area contributed by atoms with E-state index in [2.05, 4.69) is 244 Å². The molecule has 0 fully saturated rings. The maximum Gasteiger partial charge on any atom is 0.0540 e. The summed E-state index contributed by atoms with van der Waals surface area (Å²) >= 11 is 0. The molecular weight excluding hydrogens is 749 g/mol. The normalized spacial score (nSPS) is 14.1. The second-order valence-corrected chi connectivity index (χ2v) is 18.2. The topological polar surface area (TPSA) is 6.48 Å². The van der Waals surface area contributed by atoms with Crippen molar-refractivity contribution in [2.24, 2.45) is 0 Å². The Balaban J connectivity index is 0.965. The van der Waals surface area contributed by atoms with Crippen LogP contribution in [0.15, 0.2) is 206 Å². The van der Waals surface area contributed by atoms with Crippen LogP contribution in [0, 0.1) is 0 Å². The lowest BCUT2D eigenvalue weighted by Crippen LogP contribution is -2.17. The van der Waals surface area contributed by atoms with E-state index in [0.717, 1.165) is 17.1 Å². The lowest BCUT2D eigenvalue weighted by Gasteiger charge is -2.29. The molecule has 296 valence electrons. The van der Waals surface area contributed by atoms with Crippen LogP contribution in [-0.4, -0.2) is 0 Å². The van der Waals surface area contributed by atoms with E-state index in [9.17, 15) is 0 Å². The van der Waals surface area contributed by atoms with E-state index in [1.807, 2.05) is 0 Å². The quantitative estimate of drug-likeness (QED) is 0.165. The summed E-state index contributed by atoms with van der Waals surface area (Å²) in [6.07, 6.45) is 0. The average Bonchev–Trinajstić information content (AvgIpc) is 3.66. The summed E-state index contributed by atoms with van der Waals surface area (Å²) in [5.41, 5.74) is 17.5. The van der Waals surface area contributed by atoms with Gasteiger partial charge in [-0.2, -0.15) is 0 Å². The average molecular weight is 795 g/mol. The van der Waals surface area contributed by atoms with Crippen LogP contribution in [-0.2, 0) is 10.8 Å². The van der Waals surface area contributed by atoms with Crippen LogP contribution in [0.2, 0.25) is 0 Å². The van der Waals surface area contributed by atoms with Crippen molar-refractivity contribution in [1.82, 2.24) is 0 Å². The summed E-state index contributed by atoms with van der Waals surface area (Å²) in [4.78, 5) is 4.84. The van der Waals surface area contributed by atoms with Gasteiger partial charge in [-0.15, -0.1) is 0 Å². The minimum absolute atomic E-state index is 0.177. The molecule has 62 heavy (non-hydrogen) atoms. The summed E-state index contributed by atoms with van der Waals surface area (Å²) in [5, 5.41) is 7.45. The minimum atomic E-state index is -0.196. The number of anilines is 6. The van der Waals surface area contributed by atoms with Crippen molar-refractivity contribution in [1.29, 1.82) is 0 Å². The maximum atomic E-state index is 2.54. The zero-order valence-electron chi connectivity index (χ0n) is 35.5. The van der Waals surface area contributed by atoms with Crippen LogP contribution in [0.3, 0.4) is 0 Å². The Morgan fingerprint density at radius 1 is 0.274 bits per heavy atom. The minimum Gasteiger partial charge on any atom is -0.310 e. The largest absolute Gasteiger partial charge is 0.310 e. The number of fused-ring (bicyclic) bond motifs is 9. The fourth-order valence-corrected chi connectivity index (χ4v) is 10.8. The highest BCUT2D eigenvalue weighted by Crippen LogP contribution is 2.57. The molecule has 0 aliphatic heterocycles. The summed E-state index contributed by atoms with van der Waals surface area (Å²) < 4.78 is 0. The van der Waals surface area contributed by atoms with Gasteiger partial charge in [-0.25, -0.2) is 0 Å². The highest BCUT2D eigenvalue weighted by Gasteiger charge is 2.42. The molecule has 0 radical (unpaired) electrons. The number of hydrogen-bond acceptors (Lipinski definition) is 2. The number of para-hydroxylation sites is 2. The molecule has 10 aromatic carbocycles. The van der Waals surface area contributed by atoms with Crippen LogP contribution < -0.4 is 9.80 Å². The molecule has 2 heteroatoms. The Morgan fingerprint density at radius 3 is 1.29 bits per heavy atom. The molecule has 0 heterocycles. The van der Waals surface area contributed by atoms with Crippen molar-refractivity contribution in [2.75, 3.05) is 9.80 Å². The molecule has 0 amide bonds. The smallest absolute Gasteiger partial charge is 0.0540 e. The van der Waals surface area contributed by atoms with E-state index in [1.165, 1.54) is 93.9 Å². The second-order valence-electron chi connectivity index (χ2n) is 18.2. The molecule has 0 atom stereocenters. The molecule has 0 bridgehead atoms. The Bertz CT molecular complexity index is 3400. The molecule has 2 aliphatic carbocycles. The van der Waals surface area contributed by atoms with Crippen LogP contribution in [0.4, 0.5) is 34.1 Å². The highest BCUT2D eigenvalue weighted by molar-refractivity contribution is 6.03. The molecule has 0 aromatic heterocycles. The molecule has 2 aliphatic rings. The van der Waals surface area contributed by atoms with Gasteiger partial charge in [0.25, 0.3) is 0 Å². The van der Waals surface area contributed by atoms with E-state index in [-0.39, 0.29) is 10.8 Å². The fourth-order valence-electron chi connectivity index (χ4n) is 10.8. The summed E-state index contributed by atoms with van der Waals surface area (Å²) in [6.45, 7) is 9.65. The zero-order chi connectivity index (χ0) is 41.7. The van der Waals surface area contributed by atoms with Crippen LogP contribution in [0.5, 0.6) is 0 Å². The third-order valence-corrected chi connectivity index (χ3v) is 14.0. The lowest BCUT2D eigenvalue weighted by atomic mass is 9.79. The van der Waals surface area contributed by atoms with E-state index in [0.29, 0.717) is 0 Å². The SMILES string of the molecule is CC1(C)c2cc(N(c3ccccc3)c3cccc4ccccc34)ccc2-c2cc3c(cc21)-c1cc2ccc(N(c4ccccc4)c4cccc5ccccc45)cc2cc1C3(C)C. The third kappa shape index (κ3) is 5.43. The van der Waals surface area contributed by atoms with Gasteiger partial charge in [0.05, 0.1) is 11.4 Å². The molecule has 0 spiro atoms. The summed E-state index contributed by atoms with van der Waals surface area (Å²) in [7, 11) is 0. The number of hydrogen-bond donors (Lipinski definition) is 0. The van der Waals surface area contributed by atoms with Crippen molar-refractivity contribution in [2.45, 2.75) is 38.5 Å². The first-order chi connectivity index (χ1) is 30.3. The molecule has 2 nitrogen and oxygen atoms in total. The fraction of sp³-hybridized carbons (Fsp3) is 0.100. The predicted molar refractivity (Wildman–Crippen MR) is 263 cm³/mol. The van der Waals surface area contributed by atoms with Crippen LogP contribution in [0.25, 0.3) is 54.6 Å². The van der Waals surface area contributed by atoms with Gasteiger partial charge in [-0.3, -0.25) is 0 Å². The first kappa shape index (κ1) is 36.4. The van der Waals surface area contributed by atoms with Crippen LogP contribution in [0.1, 0.15) is 49.9 Å². The van der Waals surface area contributed by atoms with E-state index in [1.54, 1.807) is 0 Å². The second kappa shape index (κ2) is 13.5. The van der Waals surface area contributed by atoms with Crippen molar-refractivity contribution in [3.05, 3.63) is 229 Å². The molecule has 0 saturated heterocycles. The Morgan fingerprint density at radius 2 is 0.710 bits per heavy atom. The summed E-state index contributed by atoms with van der Waals surface area (Å²) in [5.74, 6) is 0. The van der Waals surface area contributed by atoms with Gasteiger partial charge in [0.2, 0.25) is 0 Å². The molecule has 0 N–H and O–H groups in total. The Hall–Kier alpha value is -7.42. The lowest BCUT2D eigenvalue weighted by molar-refractivity contribution is 0.652. The Kier molecular flexibility index (Phi) is 7.96. The number of rotatable bonds is 6. The molecule has 12 rings (SSSR count). The van der Waals surface area contributed by atoms with E-state index < -0.39 is 0 Å². The summed E-state index contributed by atoms with van der Waals surface area (Å²) in [6, 6.07) is 76.4. The van der Waals surface area contributed by atoms with Gasteiger partial charge < -0.3 is 9.80 Å². The molecule has 10 aromatic rings. The maximum absolute atomic E-state index is 2.54. The standard InChI is InChI=1S/C60H46N2/c1-59(2)53-35-42-33-45(61(43-21-7-5-8-22-43)57-27-15-19-39-17-11-13-25-47(39)57)30-29-41(42)34-50(53)52-38-55-51(37-56(52)59)49-32-31-46(36-54(49)60(55,3)4)62(44-23-9-6-10-24-44)58-28-16-20-40-18-12-14-26-48(40)58/h5-38H,1-4H3. The first-order valence-electron chi connectivity index (χ1n) is 21.8. The van der Waals surface area contributed by atoms with Crippen molar-refractivity contribution in [3.63, 3.8) is 0 Å². The van der Waals surface area contributed by atoms with Gasteiger partial charge in [0.1, 0.15) is 0 Å². The zero-order valence-corrected chi connectivity index (χ0v) is 35.5. The van der Waals surface area contributed by atoms with Crippen molar-refractivity contribution < 1.29 is 0 Å². The van der Waals surface area contributed by atoms with Crippen molar-refractivity contribution >= 4 is 66.4 Å². The third-order valence-electron chi connectivity index (χ3n) is 14.0. The van der Waals surface area contributed by atoms with E-state index >= 15 is 0 Å². The van der Waals surface area contributed by atoms with Crippen LogP contribution >= 0.6 is 0 Å². The van der Waals surface area contributed by atoms with Gasteiger partial charge >= 0.3 is 0 Å². The number of nitrogens with zero attached hydrogens (tertiary/aromatic N) is 2. The molecule has 0 saturated carbocycles. The van der Waals surface area contributed by atoms with Gasteiger partial charge in [0.15, 0.2) is 0 Å². The molecular formula is C60H46N2. The monoisotopic (exact) mass is 794 g/mol.